The van der Waals surface area contributed by atoms with Gasteiger partial charge < -0.3 is 15.6 Å². The standard InChI is InChI=1S/C28H29N5O13S4/c1-17-15-18-16-23(49(39,40)41)27(33-31-20-5-9-22(10-6-20)48(37,38)14-12-46-50(42,43)44)28(34)24(18)25(29)26(17)32-30-19-3-7-21(8-4-19)47(35,36)13-11-45-2/h3-10,15-16,34H,11-14,29H2,1-2H3,(H,39,40,41)(H,42,43,44). The number of nitrogens with two attached hydrogens (primary N) is 1. The molecule has 4 rings (SSSR count). The van der Waals surface area contributed by atoms with E-state index in [-0.39, 0.29) is 55.7 Å². The molecule has 268 valence electrons. The lowest BCUT2D eigenvalue weighted by Gasteiger charge is -2.13. The normalized spacial score (nSPS) is 13.1. The fourth-order valence-corrected chi connectivity index (χ4v) is 7.76. The maximum absolute atomic E-state index is 12.4. The van der Waals surface area contributed by atoms with Gasteiger partial charge in [0.1, 0.15) is 16.3 Å². The molecule has 18 nitrogen and oxygen atoms in total. The second-order valence-corrected chi connectivity index (χ2v) is 17.1. The van der Waals surface area contributed by atoms with Gasteiger partial charge in [0.05, 0.1) is 57.0 Å². The van der Waals surface area contributed by atoms with Crippen molar-refractivity contribution in [2.24, 2.45) is 20.5 Å². The summed E-state index contributed by atoms with van der Waals surface area (Å²) in [5, 5.41) is 27.1. The van der Waals surface area contributed by atoms with Gasteiger partial charge in [-0.1, -0.05) is 0 Å². The number of aromatic hydroxyl groups is 1. The van der Waals surface area contributed by atoms with E-state index >= 15 is 0 Å². The Balaban J connectivity index is 1.70. The molecule has 4 aromatic carbocycles. The number of hydrogen-bond donors (Lipinski definition) is 4. The predicted molar refractivity (Wildman–Crippen MR) is 179 cm³/mol. The molecule has 0 atom stereocenters. The maximum Gasteiger partial charge on any atom is 0.397 e. The molecular weight excluding hydrogens is 743 g/mol. The highest BCUT2D eigenvalue weighted by atomic mass is 32.3. The van der Waals surface area contributed by atoms with Gasteiger partial charge in [-0.3, -0.25) is 9.11 Å². The molecule has 0 fully saturated rings. The van der Waals surface area contributed by atoms with Crippen LogP contribution in [-0.4, -0.2) is 79.7 Å². The number of rotatable bonds is 14. The summed E-state index contributed by atoms with van der Waals surface area (Å²) in [4.78, 5) is -1.03. The molecule has 0 aliphatic rings. The van der Waals surface area contributed by atoms with E-state index in [1.165, 1.54) is 49.6 Å². The first-order valence-corrected chi connectivity index (χ1v) is 20.0. The smallest absolute Gasteiger partial charge is 0.397 e. The number of benzene rings is 4. The zero-order valence-corrected chi connectivity index (χ0v) is 29.3. The molecule has 0 saturated heterocycles. The molecule has 0 radical (unpaired) electrons. The van der Waals surface area contributed by atoms with E-state index in [4.69, 9.17) is 15.0 Å². The Labute approximate surface area is 286 Å². The van der Waals surface area contributed by atoms with Crippen LogP contribution in [0.3, 0.4) is 0 Å². The lowest BCUT2D eigenvalue weighted by molar-refractivity contribution is 0.217. The van der Waals surface area contributed by atoms with Gasteiger partial charge in [0.25, 0.3) is 10.1 Å². The SMILES string of the molecule is COCCS(=O)(=O)c1ccc(N=Nc2c(C)cc3cc(S(=O)(=O)O)c(N=Nc4ccc(S(=O)(=O)CCOS(=O)(=O)O)cc4)c(O)c3c2N)cc1. The number of azo groups is 2. The molecule has 0 aliphatic heterocycles. The number of sulfone groups is 2. The topological polar surface area (TPSA) is 291 Å². The largest absolute Gasteiger partial charge is 0.505 e. The second-order valence-electron chi connectivity index (χ2n) is 10.4. The minimum absolute atomic E-state index is 0.0216. The van der Waals surface area contributed by atoms with Crippen molar-refractivity contribution in [1.29, 1.82) is 0 Å². The summed E-state index contributed by atoms with van der Waals surface area (Å²) in [7, 11) is -16.1. The first kappa shape index (κ1) is 38.4. The highest BCUT2D eigenvalue weighted by Crippen LogP contribution is 2.47. The van der Waals surface area contributed by atoms with Crippen LogP contribution < -0.4 is 5.73 Å². The van der Waals surface area contributed by atoms with Crippen LogP contribution in [0.4, 0.5) is 28.4 Å². The average molecular weight is 772 g/mol. The van der Waals surface area contributed by atoms with Gasteiger partial charge in [0.2, 0.25) is 0 Å². The fourth-order valence-electron chi connectivity index (χ4n) is 4.44. The molecule has 5 N–H and O–H groups in total. The van der Waals surface area contributed by atoms with Crippen molar-refractivity contribution < 1.29 is 56.8 Å². The highest BCUT2D eigenvalue weighted by molar-refractivity contribution is 7.91. The summed E-state index contributed by atoms with van der Waals surface area (Å²) >= 11 is 0. The molecule has 0 heterocycles. The molecule has 0 amide bonds. The van der Waals surface area contributed by atoms with Crippen LogP contribution in [0.15, 0.2) is 95.8 Å². The zero-order chi connectivity index (χ0) is 37.1. The number of nitrogens with zero attached hydrogens (tertiary/aromatic N) is 4. The molecule has 50 heavy (non-hydrogen) atoms. The van der Waals surface area contributed by atoms with Crippen LogP contribution in [0.25, 0.3) is 10.8 Å². The van der Waals surface area contributed by atoms with Crippen molar-refractivity contribution in [3.8, 4) is 5.75 Å². The Morgan fingerprint density at radius 1 is 0.700 bits per heavy atom. The molecule has 0 bridgehead atoms. The van der Waals surface area contributed by atoms with Crippen molar-refractivity contribution in [1.82, 2.24) is 0 Å². The molecule has 0 spiro atoms. The van der Waals surface area contributed by atoms with Gasteiger partial charge in [-0.15, -0.1) is 10.2 Å². The summed E-state index contributed by atoms with van der Waals surface area (Å²) in [6, 6.07) is 12.5. The number of anilines is 1. The number of aryl methyl sites for hydroxylation is 1. The number of methoxy groups -OCH3 is 1. The van der Waals surface area contributed by atoms with Gasteiger partial charge >= 0.3 is 10.4 Å². The Bertz CT molecular complexity index is 2430. The minimum Gasteiger partial charge on any atom is -0.505 e. The van der Waals surface area contributed by atoms with Crippen molar-refractivity contribution >= 4 is 79.4 Å². The lowest BCUT2D eigenvalue weighted by atomic mass is 10.0. The summed E-state index contributed by atoms with van der Waals surface area (Å²) in [5.74, 6) is -1.79. The summed E-state index contributed by atoms with van der Waals surface area (Å²) < 4.78 is 123. The quantitative estimate of drug-likeness (QED) is 0.0778. The Morgan fingerprint density at radius 2 is 1.18 bits per heavy atom. The van der Waals surface area contributed by atoms with Crippen LogP contribution in [0.5, 0.6) is 5.75 Å². The molecule has 0 aliphatic carbocycles. The van der Waals surface area contributed by atoms with Crippen LogP contribution in [-0.2, 0) is 49.1 Å². The Hall–Kier alpha value is -4.42. The maximum atomic E-state index is 12.4. The van der Waals surface area contributed by atoms with Gasteiger partial charge in [-0.2, -0.15) is 27.1 Å². The van der Waals surface area contributed by atoms with E-state index < -0.39 is 68.9 Å². The number of fused-ring (bicyclic) bond motifs is 1. The van der Waals surface area contributed by atoms with E-state index in [1.807, 2.05) is 0 Å². The number of ether oxygens (including phenoxy) is 1. The van der Waals surface area contributed by atoms with Gasteiger partial charge in [0.15, 0.2) is 25.4 Å². The molecular formula is C28H29N5O13S4. The third kappa shape index (κ3) is 9.22. The first-order chi connectivity index (χ1) is 23.2. The zero-order valence-electron chi connectivity index (χ0n) is 26.0. The van der Waals surface area contributed by atoms with E-state index in [0.29, 0.717) is 5.56 Å². The number of nitrogen functional groups attached to an aromatic ring is 1. The van der Waals surface area contributed by atoms with Gasteiger partial charge in [-0.05, 0) is 78.5 Å². The third-order valence-corrected chi connectivity index (χ3v) is 11.6. The van der Waals surface area contributed by atoms with Crippen molar-refractivity contribution in [3.05, 3.63) is 66.2 Å². The molecule has 0 aromatic heterocycles. The molecule has 0 unspecified atom stereocenters. The number of phenolic OH excluding ortho intramolecular Hbond substituents is 1. The summed E-state index contributed by atoms with van der Waals surface area (Å²) in [6.07, 6.45) is 0. The predicted octanol–water partition coefficient (Wildman–Crippen LogP) is 4.53. The van der Waals surface area contributed by atoms with Gasteiger partial charge in [0, 0.05) is 7.11 Å². The van der Waals surface area contributed by atoms with Crippen LogP contribution >= 0.6 is 0 Å². The van der Waals surface area contributed by atoms with Crippen LogP contribution in [0, 0.1) is 6.92 Å². The summed E-state index contributed by atoms with van der Waals surface area (Å²) in [5.41, 5.74) is 6.22. The van der Waals surface area contributed by atoms with E-state index in [0.717, 1.165) is 18.2 Å². The Morgan fingerprint density at radius 3 is 1.64 bits per heavy atom. The second kappa shape index (κ2) is 14.8. The monoisotopic (exact) mass is 771 g/mol. The van der Waals surface area contributed by atoms with Crippen molar-refractivity contribution in [2.75, 3.05) is 37.6 Å². The first-order valence-electron chi connectivity index (χ1n) is 13.9. The van der Waals surface area contributed by atoms with E-state index in [9.17, 15) is 43.3 Å². The van der Waals surface area contributed by atoms with Crippen LogP contribution in [0.2, 0.25) is 0 Å². The van der Waals surface area contributed by atoms with E-state index in [1.54, 1.807) is 6.92 Å². The highest BCUT2D eigenvalue weighted by Gasteiger charge is 2.25. The van der Waals surface area contributed by atoms with E-state index in [2.05, 4.69) is 24.6 Å². The molecule has 0 saturated carbocycles. The van der Waals surface area contributed by atoms with Crippen LogP contribution in [0.1, 0.15) is 5.56 Å². The minimum atomic E-state index is -5.00. The Kier molecular flexibility index (Phi) is 11.4. The van der Waals surface area contributed by atoms with Crippen molar-refractivity contribution in [2.45, 2.75) is 21.6 Å². The van der Waals surface area contributed by atoms with Crippen molar-refractivity contribution in [3.63, 3.8) is 0 Å². The van der Waals surface area contributed by atoms with Gasteiger partial charge in [-0.25, -0.2) is 21.0 Å². The third-order valence-electron chi connectivity index (χ3n) is 6.88. The molecule has 4 aromatic rings. The number of hydrogen-bond acceptors (Lipinski definition) is 16. The average Bonchev–Trinajstić information content (AvgIpc) is 3.02. The fraction of sp³-hybridized carbons (Fsp3) is 0.214. The molecule has 22 heteroatoms. The number of phenols is 1. The lowest BCUT2D eigenvalue weighted by Crippen LogP contribution is -2.15. The summed E-state index contributed by atoms with van der Waals surface area (Å²) in [6.45, 7) is 0.760.